The van der Waals surface area contributed by atoms with E-state index in [0.29, 0.717) is 17.0 Å². The molecule has 108 valence electrons. The summed E-state index contributed by atoms with van der Waals surface area (Å²) >= 11 is 0. The van der Waals surface area contributed by atoms with E-state index in [2.05, 4.69) is 5.32 Å². The zero-order valence-electron chi connectivity index (χ0n) is 11.8. The topological polar surface area (TPSA) is 81.4 Å². The van der Waals surface area contributed by atoms with Crippen molar-refractivity contribution in [2.45, 2.75) is 6.92 Å². The SMILES string of the molecule is COc1ccc(C(=O)Nc2ccccc2C(N)=O)cc1C. The predicted octanol–water partition coefficient (Wildman–Crippen LogP) is 2.35. The molecular formula is C16H16N2O3. The molecule has 5 heteroatoms. The molecular weight excluding hydrogens is 268 g/mol. The van der Waals surface area contributed by atoms with E-state index < -0.39 is 5.91 Å². The minimum atomic E-state index is -0.586. The molecule has 0 saturated heterocycles. The Bertz CT molecular complexity index is 696. The van der Waals surface area contributed by atoms with Crippen molar-refractivity contribution in [1.29, 1.82) is 0 Å². The first-order chi connectivity index (χ1) is 10.0. The van der Waals surface area contributed by atoms with Gasteiger partial charge in [0, 0.05) is 5.56 Å². The first-order valence-electron chi connectivity index (χ1n) is 6.37. The maximum absolute atomic E-state index is 12.2. The van der Waals surface area contributed by atoms with Gasteiger partial charge in [0.25, 0.3) is 11.8 Å². The number of anilines is 1. The molecule has 2 aromatic carbocycles. The molecule has 3 N–H and O–H groups in total. The van der Waals surface area contributed by atoms with Crippen molar-refractivity contribution in [3.05, 3.63) is 59.2 Å². The van der Waals surface area contributed by atoms with Crippen LogP contribution in [-0.2, 0) is 0 Å². The van der Waals surface area contributed by atoms with Crippen molar-refractivity contribution in [3.63, 3.8) is 0 Å². The normalized spacial score (nSPS) is 10.0. The lowest BCUT2D eigenvalue weighted by atomic mass is 10.1. The molecule has 21 heavy (non-hydrogen) atoms. The summed E-state index contributed by atoms with van der Waals surface area (Å²) in [7, 11) is 1.57. The summed E-state index contributed by atoms with van der Waals surface area (Å²) in [6, 6.07) is 11.7. The molecule has 0 aromatic heterocycles. The van der Waals surface area contributed by atoms with Crippen molar-refractivity contribution in [2.24, 2.45) is 5.73 Å². The van der Waals surface area contributed by atoms with Gasteiger partial charge >= 0.3 is 0 Å². The number of primary amides is 1. The molecule has 0 saturated carbocycles. The Kier molecular flexibility index (Phi) is 4.23. The Morgan fingerprint density at radius 3 is 2.48 bits per heavy atom. The molecule has 0 fully saturated rings. The Balaban J connectivity index is 2.26. The van der Waals surface area contributed by atoms with Crippen molar-refractivity contribution >= 4 is 17.5 Å². The van der Waals surface area contributed by atoms with Gasteiger partial charge < -0.3 is 15.8 Å². The monoisotopic (exact) mass is 284 g/mol. The third kappa shape index (κ3) is 3.20. The summed E-state index contributed by atoms with van der Waals surface area (Å²) in [5.74, 6) is -0.185. The van der Waals surface area contributed by atoms with Crippen LogP contribution in [0.25, 0.3) is 0 Å². The van der Waals surface area contributed by atoms with Crippen LogP contribution in [0.4, 0.5) is 5.69 Å². The van der Waals surface area contributed by atoms with Crippen LogP contribution >= 0.6 is 0 Å². The Morgan fingerprint density at radius 1 is 1.14 bits per heavy atom. The highest BCUT2D eigenvalue weighted by Crippen LogP contribution is 2.20. The second-order valence-corrected chi connectivity index (χ2v) is 4.55. The van der Waals surface area contributed by atoms with Gasteiger partial charge in [0.1, 0.15) is 5.75 Å². The van der Waals surface area contributed by atoms with Gasteiger partial charge in [-0.1, -0.05) is 12.1 Å². The molecule has 0 heterocycles. The molecule has 0 aliphatic rings. The highest BCUT2D eigenvalue weighted by atomic mass is 16.5. The zero-order valence-corrected chi connectivity index (χ0v) is 11.8. The Hall–Kier alpha value is -2.82. The van der Waals surface area contributed by atoms with Crippen molar-refractivity contribution in [3.8, 4) is 5.75 Å². The van der Waals surface area contributed by atoms with Gasteiger partial charge in [0.05, 0.1) is 18.4 Å². The fourth-order valence-corrected chi connectivity index (χ4v) is 2.02. The fraction of sp³-hybridized carbons (Fsp3) is 0.125. The number of para-hydroxylation sites is 1. The van der Waals surface area contributed by atoms with Crippen molar-refractivity contribution in [2.75, 3.05) is 12.4 Å². The lowest BCUT2D eigenvalue weighted by Gasteiger charge is -2.10. The van der Waals surface area contributed by atoms with Crippen LogP contribution in [0.5, 0.6) is 5.75 Å². The second kappa shape index (κ2) is 6.09. The lowest BCUT2D eigenvalue weighted by Crippen LogP contribution is -2.18. The van der Waals surface area contributed by atoms with Crippen LogP contribution < -0.4 is 15.8 Å². The minimum Gasteiger partial charge on any atom is -0.496 e. The first kappa shape index (κ1) is 14.6. The molecule has 2 amide bonds. The van der Waals surface area contributed by atoms with Gasteiger partial charge in [-0.2, -0.15) is 0 Å². The lowest BCUT2D eigenvalue weighted by molar-refractivity contribution is 0.100. The van der Waals surface area contributed by atoms with E-state index in [-0.39, 0.29) is 11.5 Å². The molecule has 2 aromatic rings. The summed E-state index contributed by atoms with van der Waals surface area (Å²) < 4.78 is 5.16. The number of carbonyl (C=O) groups is 2. The summed E-state index contributed by atoms with van der Waals surface area (Å²) in [5.41, 5.74) is 7.28. The molecule has 2 rings (SSSR count). The number of nitrogens with one attached hydrogen (secondary N) is 1. The first-order valence-corrected chi connectivity index (χ1v) is 6.37. The molecule has 0 atom stereocenters. The van der Waals surface area contributed by atoms with Gasteiger partial charge in [0.2, 0.25) is 0 Å². The highest BCUT2D eigenvalue weighted by Gasteiger charge is 2.12. The number of amides is 2. The minimum absolute atomic E-state index is 0.274. The number of ether oxygens (including phenoxy) is 1. The molecule has 0 aliphatic heterocycles. The number of carbonyl (C=O) groups excluding carboxylic acids is 2. The van der Waals surface area contributed by atoms with Gasteiger partial charge in [-0.3, -0.25) is 9.59 Å². The average Bonchev–Trinajstić information content (AvgIpc) is 2.47. The van der Waals surface area contributed by atoms with E-state index in [0.717, 1.165) is 5.56 Å². The van der Waals surface area contributed by atoms with E-state index in [9.17, 15) is 9.59 Å². The van der Waals surface area contributed by atoms with Crippen molar-refractivity contribution in [1.82, 2.24) is 0 Å². The van der Waals surface area contributed by atoms with E-state index in [4.69, 9.17) is 10.5 Å². The van der Waals surface area contributed by atoms with Crippen LogP contribution in [-0.4, -0.2) is 18.9 Å². The molecule has 0 radical (unpaired) electrons. The number of hydrogen-bond donors (Lipinski definition) is 2. The third-order valence-corrected chi connectivity index (χ3v) is 3.10. The van der Waals surface area contributed by atoms with Crippen LogP contribution in [0.3, 0.4) is 0 Å². The number of benzene rings is 2. The number of hydrogen-bond acceptors (Lipinski definition) is 3. The van der Waals surface area contributed by atoms with Crippen molar-refractivity contribution < 1.29 is 14.3 Å². The number of nitrogens with two attached hydrogens (primary N) is 1. The van der Waals surface area contributed by atoms with E-state index >= 15 is 0 Å². The van der Waals surface area contributed by atoms with Crippen LogP contribution in [0.2, 0.25) is 0 Å². The molecule has 5 nitrogen and oxygen atoms in total. The highest BCUT2D eigenvalue weighted by molar-refractivity contribution is 6.08. The maximum Gasteiger partial charge on any atom is 0.255 e. The van der Waals surface area contributed by atoms with E-state index in [1.54, 1.807) is 49.6 Å². The van der Waals surface area contributed by atoms with E-state index in [1.165, 1.54) is 0 Å². The predicted molar refractivity (Wildman–Crippen MR) is 80.6 cm³/mol. The van der Waals surface area contributed by atoms with E-state index in [1.807, 2.05) is 6.92 Å². The molecule has 0 aliphatic carbocycles. The second-order valence-electron chi connectivity index (χ2n) is 4.55. The summed E-state index contributed by atoms with van der Waals surface area (Å²) in [5, 5.41) is 2.69. The van der Waals surface area contributed by atoms with Crippen LogP contribution in [0.1, 0.15) is 26.3 Å². The zero-order chi connectivity index (χ0) is 15.4. The van der Waals surface area contributed by atoms with Crippen LogP contribution in [0.15, 0.2) is 42.5 Å². The summed E-state index contributed by atoms with van der Waals surface area (Å²) in [6.45, 7) is 1.85. The van der Waals surface area contributed by atoms with Crippen LogP contribution in [0, 0.1) is 6.92 Å². The molecule has 0 bridgehead atoms. The summed E-state index contributed by atoms with van der Waals surface area (Å²) in [6.07, 6.45) is 0. The summed E-state index contributed by atoms with van der Waals surface area (Å²) in [4.78, 5) is 23.6. The Labute approximate surface area is 122 Å². The average molecular weight is 284 g/mol. The van der Waals surface area contributed by atoms with Gasteiger partial charge in [-0.15, -0.1) is 0 Å². The third-order valence-electron chi connectivity index (χ3n) is 3.10. The smallest absolute Gasteiger partial charge is 0.255 e. The Morgan fingerprint density at radius 2 is 1.86 bits per heavy atom. The maximum atomic E-state index is 12.2. The van der Waals surface area contributed by atoms with Gasteiger partial charge in [-0.25, -0.2) is 0 Å². The number of aryl methyl sites for hydroxylation is 1. The fourth-order valence-electron chi connectivity index (χ4n) is 2.02. The quantitative estimate of drug-likeness (QED) is 0.904. The number of methoxy groups -OCH3 is 1. The number of rotatable bonds is 4. The largest absolute Gasteiger partial charge is 0.496 e. The molecule has 0 unspecified atom stereocenters. The van der Waals surface area contributed by atoms with Gasteiger partial charge in [0.15, 0.2) is 0 Å². The molecule has 0 spiro atoms. The van der Waals surface area contributed by atoms with Gasteiger partial charge in [-0.05, 0) is 42.8 Å². The standard InChI is InChI=1S/C16H16N2O3/c1-10-9-11(7-8-14(10)21-2)16(20)18-13-6-4-3-5-12(13)15(17)19/h3-9H,1-2H3,(H2,17,19)(H,18,20).